The fourth-order valence-corrected chi connectivity index (χ4v) is 2.15. The Kier molecular flexibility index (Phi) is 5.31. The van der Waals surface area contributed by atoms with Crippen LogP contribution in [0.1, 0.15) is 19.8 Å². The van der Waals surface area contributed by atoms with Crippen molar-refractivity contribution in [3.05, 3.63) is 40.3 Å². The van der Waals surface area contributed by atoms with E-state index in [9.17, 15) is 0 Å². The van der Waals surface area contributed by atoms with Crippen LogP contribution >= 0.6 is 23.4 Å². The molecule has 0 unspecified atom stereocenters. The van der Waals surface area contributed by atoms with Gasteiger partial charge in [-0.15, -0.1) is 0 Å². The molecule has 0 amide bonds. The van der Waals surface area contributed by atoms with Crippen LogP contribution in [0.2, 0.25) is 5.02 Å². The van der Waals surface area contributed by atoms with Crippen molar-refractivity contribution in [2.75, 3.05) is 0 Å². The zero-order valence-corrected chi connectivity index (χ0v) is 10.1. The second-order valence-electron chi connectivity index (χ2n) is 3.08. The predicted octanol–water partition coefficient (Wildman–Crippen LogP) is 4.64. The van der Waals surface area contributed by atoms with Gasteiger partial charge in [0.15, 0.2) is 0 Å². The average Bonchev–Trinajstić information content (AvgIpc) is 2.24. The highest BCUT2D eigenvalue weighted by atomic mass is 35.5. The Morgan fingerprint density at radius 1 is 1.60 bits per heavy atom. The summed E-state index contributed by atoms with van der Waals surface area (Å²) < 4.78 is 0. The second-order valence-corrected chi connectivity index (χ2v) is 4.46. The van der Waals surface area contributed by atoms with Crippen LogP contribution < -0.4 is 0 Å². The van der Waals surface area contributed by atoms with Gasteiger partial charge in [0, 0.05) is 15.5 Å². The first-order valence-electron chi connectivity index (χ1n) is 4.77. The summed E-state index contributed by atoms with van der Waals surface area (Å²) in [7, 11) is 0. The highest BCUT2D eigenvalue weighted by Gasteiger charge is 1.96. The number of nitriles is 1. The summed E-state index contributed by atoms with van der Waals surface area (Å²) in [6.07, 6.45) is 1.83. The Morgan fingerprint density at radius 3 is 3.00 bits per heavy atom. The summed E-state index contributed by atoms with van der Waals surface area (Å²) >= 11 is 7.39. The van der Waals surface area contributed by atoms with Crippen molar-refractivity contribution in [3.8, 4) is 6.07 Å². The first kappa shape index (κ1) is 12.2. The van der Waals surface area contributed by atoms with Gasteiger partial charge in [-0.05, 0) is 30.0 Å². The van der Waals surface area contributed by atoms with E-state index in [1.165, 1.54) is 11.8 Å². The molecule has 0 atom stereocenters. The number of rotatable bonds is 4. The van der Waals surface area contributed by atoms with Crippen LogP contribution in [-0.4, -0.2) is 0 Å². The highest BCUT2D eigenvalue weighted by Crippen LogP contribution is 2.24. The zero-order valence-electron chi connectivity index (χ0n) is 8.53. The van der Waals surface area contributed by atoms with Crippen LogP contribution in [0.25, 0.3) is 0 Å². The SMILES string of the molecule is CCCC(C#N)=CSc1cccc(Cl)c1. The molecule has 0 aliphatic rings. The number of allylic oxidation sites excluding steroid dienone is 1. The van der Waals surface area contributed by atoms with Gasteiger partial charge in [-0.25, -0.2) is 0 Å². The predicted molar refractivity (Wildman–Crippen MR) is 65.9 cm³/mol. The van der Waals surface area contributed by atoms with Crippen molar-refractivity contribution in [2.24, 2.45) is 0 Å². The summed E-state index contributed by atoms with van der Waals surface area (Å²) in [5.41, 5.74) is 0.822. The minimum absolute atomic E-state index is 0.724. The molecule has 0 fully saturated rings. The Bertz CT molecular complexity index is 393. The van der Waals surface area contributed by atoms with Crippen LogP contribution in [0.5, 0.6) is 0 Å². The van der Waals surface area contributed by atoms with E-state index in [-0.39, 0.29) is 0 Å². The molecule has 0 saturated heterocycles. The summed E-state index contributed by atoms with van der Waals surface area (Å²) in [5.74, 6) is 0. The minimum Gasteiger partial charge on any atom is -0.193 e. The topological polar surface area (TPSA) is 23.8 Å². The molecule has 0 aliphatic carbocycles. The maximum Gasteiger partial charge on any atom is 0.0952 e. The fourth-order valence-electron chi connectivity index (χ4n) is 1.09. The van der Waals surface area contributed by atoms with Gasteiger partial charge in [-0.1, -0.05) is 42.8 Å². The third kappa shape index (κ3) is 4.42. The quantitative estimate of drug-likeness (QED) is 0.563. The molecule has 15 heavy (non-hydrogen) atoms. The molecule has 1 nitrogen and oxygen atoms in total. The molecule has 0 saturated carbocycles. The van der Waals surface area contributed by atoms with Crippen molar-refractivity contribution in [1.29, 1.82) is 5.26 Å². The van der Waals surface area contributed by atoms with Gasteiger partial charge >= 0.3 is 0 Å². The standard InChI is InChI=1S/C12H12ClNS/c1-2-4-10(8-14)9-15-12-6-3-5-11(13)7-12/h3,5-7,9H,2,4H2,1H3. The normalized spacial score (nSPS) is 11.1. The van der Waals surface area contributed by atoms with Crippen molar-refractivity contribution in [3.63, 3.8) is 0 Å². The number of thioether (sulfide) groups is 1. The van der Waals surface area contributed by atoms with E-state index >= 15 is 0 Å². The van der Waals surface area contributed by atoms with Crippen molar-refractivity contribution < 1.29 is 0 Å². The Labute approximate surface area is 99.8 Å². The van der Waals surface area contributed by atoms with Gasteiger partial charge in [0.2, 0.25) is 0 Å². The zero-order chi connectivity index (χ0) is 11.1. The molecule has 0 N–H and O–H groups in total. The molecule has 0 aromatic heterocycles. The van der Waals surface area contributed by atoms with Gasteiger partial charge < -0.3 is 0 Å². The lowest BCUT2D eigenvalue weighted by molar-refractivity contribution is 0.931. The number of hydrogen-bond acceptors (Lipinski definition) is 2. The molecular weight excluding hydrogens is 226 g/mol. The molecule has 3 heteroatoms. The van der Waals surface area contributed by atoms with Crippen LogP contribution in [0.4, 0.5) is 0 Å². The minimum atomic E-state index is 0.724. The largest absolute Gasteiger partial charge is 0.193 e. The number of nitrogens with zero attached hydrogens (tertiary/aromatic N) is 1. The maximum absolute atomic E-state index is 8.83. The number of benzene rings is 1. The van der Waals surface area contributed by atoms with Crippen molar-refractivity contribution in [1.82, 2.24) is 0 Å². The van der Waals surface area contributed by atoms with E-state index in [2.05, 4.69) is 13.0 Å². The monoisotopic (exact) mass is 237 g/mol. The third-order valence-electron chi connectivity index (χ3n) is 1.80. The molecule has 0 bridgehead atoms. The molecular formula is C12H12ClNS. The van der Waals surface area contributed by atoms with Gasteiger partial charge in [-0.2, -0.15) is 5.26 Å². The van der Waals surface area contributed by atoms with E-state index in [0.29, 0.717) is 0 Å². The summed E-state index contributed by atoms with van der Waals surface area (Å²) in [6.45, 7) is 2.06. The Balaban J connectivity index is 2.66. The molecule has 0 radical (unpaired) electrons. The molecule has 0 heterocycles. The van der Waals surface area contributed by atoms with Gasteiger partial charge in [0.25, 0.3) is 0 Å². The van der Waals surface area contributed by atoms with E-state index in [1.54, 1.807) is 0 Å². The average molecular weight is 238 g/mol. The number of halogens is 1. The van der Waals surface area contributed by atoms with Gasteiger partial charge in [0.05, 0.1) is 6.07 Å². The lowest BCUT2D eigenvalue weighted by atomic mass is 10.2. The molecule has 1 aromatic rings. The maximum atomic E-state index is 8.83. The first-order valence-corrected chi connectivity index (χ1v) is 6.03. The smallest absolute Gasteiger partial charge is 0.0952 e. The summed E-state index contributed by atoms with van der Waals surface area (Å²) in [6, 6.07) is 9.81. The molecule has 78 valence electrons. The second kappa shape index (κ2) is 6.55. The molecule has 1 rings (SSSR count). The van der Waals surface area contributed by atoms with Crippen LogP contribution in [0, 0.1) is 11.3 Å². The van der Waals surface area contributed by atoms with Crippen LogP contribution in [0.3, 0.4) is 0 Å². The van der Waals surface area contributed by atoms with Gasteiger partial charge in [0.1, 0.15) is 0 Å². The van der Waals surface area contributed by atoms with Crippen LogP contribution in [-0.2, 0) is 0 Å². The fraction of sp³-hybridized carbons (Fsp3) is 0.250. The molecule has 0 spiro atoms. The number of hydrogen-bond donors (Lipinski definition) is 0. The van der Waals surface area contributed by atoms with E-state index < -0.39 is 0 Å². The highest BCUT2D eigenvalue weighted by molar-refractivity contribution is 8.02. The summed E-state index contributed by atoms with van der Waals surface area (Å²) in [5, 5.41) is 11.5. The van der Waals surface area contributed by atoms with E-state index in [4.69, 9.17) is 16.9 Å². The lowest BCUT2D eigenvalue weighted by Crippen LogP contribution is -1.76. The van der Waals surface area contributed by atoms with Crippen LogP contribution in [0.15, 0.2) is 40.1 Å². The molecule has 0 aliphatic heterocycles. The first-order chi connectivity index (χ1) is 7.26. The van der Waals surface area contributed by atoms with Crippen molar-refractivity contribution >= 4 is 23.4 Å². The Morgan fingerprint density at radius 2 is 2.40 bits per heavy atom. The van der Waals surface area contributed by atoms with E-state index in [1.807, 2.05) is 29.7 Å². The van der Waals surface area contributed by atoms with Gasteiger partial charge in [-0.3, -0.25) is 0 Å². The van der Waals surface area contributed by atoms with E-state index in [0.717, 1.165) is 28.3 Å². The Hall–Kier alpha value is -0.910. The van der Waals surface area contributed by atoms with Crippen molar-refractivity contribution in [2.45, 2.75) is 24.7 Å². The molecule has 1 aromatic carbocycles. The lowest BCUT2D eigenvalue weighted by Gasteiger charge is -1.98. The third-order valence-corrected chi connectivity index (χ3v) is 2.96. The summed E-state index contributed by atoms with van der Waals surface area (Å²) in [4.78, 5) is 1.06.